The van der Waals surface area contributed by atoms with Crippen molar-refractivity contribution in [3.63, 3.8) is 0 Å². The van der Waals surface area contributed by atoms with Gasteiger partial charge >= 0.3 is 6.03 Å². The van der Waals surface area contributed by atoms with E-state index in [1.165, 1.54) is 0 Å². The summed E-state index contributed by atoms with van der Waals surface area (Å²) >= 11 is 0. The number of nitrogens with two attached hydrogens (primary N) is 1. The number of H-pyrrole nitrogens is 1. The van der Waals surface area contributed by atoms with Gasteiger partial charge in [0.1, 0.15) is 5.82 Å². The number of primary amides is 1. The fraction of sp³-hybridized carbons (Fsp3) is 0.667. The van der Waals surface area contributed by atoms with E-state index in [1.807, 2.05) is 0 Å². The maximum Gasteiger partial charge on any atom is 0.317 e. The first-order valence-electron chi connectivity index (χ1n) is 8.05. The van der Waals surface area contributed by atoms with Crippen molar-refractivity contribution in [2.24, 2.45) is 11.7 Å². The van der Waals surface area contributed by atoms with Crippen LogP contribution < -0.4 is 11.1 Å². The van der Waals surface area contributed by atoms with Gasteiger partial charge in [-0.05, 0) is 32.4 Å². The van der Waals surface area contributed by atoms with E-state index in [-0.39, 0.29) is 17.9 Å². The number of nitrogens with zero attached hydrogens (tertiary/aromatic N) is 3. The number of amides is 3. The first-order chi connectivity index (χ1) is 11.1. The molecule has 1 aromatic heterocycles. The zero-order valence-electron chi connectivity index (χ0n) is 13.6. The van der Waals surface area contributed by atoms with E-state index in [0.29, 0.717) is 13.1 Å². The number of piperidine rings is 1. The van der Waals surface area contributed by atoms with Gasteiger partial charge in [0.05, 0.1) is 12.5 Å². The van der Waals surface area contributed by atoms with Crippen LogP contribution in [0.1, 0.15) is 25.1 Å². The topological polar surface area (TPSA) is 107 Å². The highest BCUT2D eigenvalue weighted by molar-refractivity contribution is 5.77. The second-order valence-corrected chi connectivity index (χ2v) is 6.02. The van der Waals surface area contributed by atoms with Crippen LogP contribution in [0.25, 0.3) is 0 Å². The Balaban J connectivity index is 1.61. The molecule has 1 saturated heterocycles. The molecule has 0 aliphatic carbocycles. The number of aromatic nitrogens is 2. The van der Waals surface area contributed by atoms with Crippen molar-refractivity contribution in [3.8, 4) is 0 Å². The third-order valence-electron chi connectivity index (χ3n) is 4.12. The zero-order chi connectivity index (χ0) is 16.7. The van der Waals surface area contributed by atoms with E-state index in [2.05, 4.69) is 20.2 Å². The molecule has 2 rings (SSSR count). The lowest BCUT2D eigenvalue weighted by Gasteiger charge is -2.31. The predicted molar refractivity (Wildman–Crippen MR) is 86.4 cm³/mol. The Kier molecular flexibility index (Phi) is 6.40. The summed E-state index contributed by atoms with van der Waals surface area (Å²) in [6.07, 6.45) is 6.15. The Bertz CT molecular complexity index is 504. The second-order valence-electron chi connectivity index (χ2n) is 6.02. The van der Waals surface area contributed by atoms with Crippen molar-refractivity contribution in [3.05, 3.63) is 18.2 Å². The molecule has 1 aliphatic heterocycles. The van der Waals surface area contributed by atoms with E-state index < -0.39 is 0 Å². The molecule has 0 saturated carbocycles. The van der Waals surface area contributed by atoms with Gasteiger partial charge in [-0.15, -0.1) is 0 Å². The van der Waals surface area contributed by atoms with Gasteiger partial charge in [-0.25, -0.2) is 9.78 Å². The van der Waals surface area contributed by atoms with Crippen LogP contribution >= 0.6 is 0 Å². The van der Waals surface area contributed by atoms with Gasteiger partial charge in [-0.3, -0.25) is 4.79 Å². The molecule has 1 atom stereocenters. The maximum atomic E-state index is 12.0. The van der Waals surface area contributed by atoms with Crippen molar-refractivity contribution in [1.82, 2.24) is 25.1 Å². The summed E-state index contributed by atoms with van der Waals surface area (Å²) < 4.78 is 0. The number of aromatic amines is 1. The van der Waals surface area contributed by atoms with Crippen LogP contribution in [0.15, 0.2) is 12.4 Å². The number of carbonyl (C=O) groups excluding carboxylic acids is 2. The summed E-state index contributed by atoms with van der Waals surface area (Å²) in [5, 5.41) is 2.90. The van der Waals surface area contributed by atoms with Crippen LogP contribution in [0.4, 0.5) is 4.79 Å². The van der Waals surface area contributed by atoms with Gasteiger partial charge in [0.2, 0.25) is 5.91 Å². The summed E-state index contributed by atoms with van der Waals surface area (Å²) in [5.41, 5.74) is 5.38. The summed E-state index contributed by atoms with van der Waals surface area (Å²) in [7, 11) is 1.74. The highest BCUT2D eigenvalue weighted by Gasteiger charge is 2.23. The molecule has 8 nitrogen and oxygen atoms in total. The molecule has 1 unspecified atom stereocenters. The van der Waals surface area contributed by atoms with Crippen LogP contribution in [0.2, 0.25) is 0 Å². The van der Waals surface area contributed by atoms with Crippen LogP contribution in [0, 0.1) is 5.92 Å². The van der Waals surface area contributed by atoms with Gasteiger partial charge in [0.25, 0.3) is 0 Å². The van der Waals surface area contributed by atoms with Crippen LogP contribution in [-0.4, -0.2) is 64.9 Å². The molecule has 8 heteroatoms. The van der Waals surface area contributed by atoms with Crippen molar-refractivity contribution < 1.29 is 9.59 Å². The monoisotopic (exact) mass is 322 g/mol. The van der Waals surface area contributed by atoms with Crippen molar-refractivity contribution in [2.45, 2.75) is 25.8 Å². The van der Waals surface area contributed by atoms with Gasteiger partial charge < -0.3 is 25.8 Å². The van der Waals surface area contributed by atoms with Crippen LogP contribution in [0.3, 0.4) is 0 Å². The number of hydrogen-bond acceptors (Lipinski definition) is 4. The summed E-state index contributed by atoms with van der Waals surface area (Å²) in [6.45, 7) is 3.66. The molecule has 1 aromatic rings. The molecule has 23 heavy (non-hydrogen) atoms. The largest absolute Gasteiger partial charge is 0.369 e. The van der Waals surface area contributed by atoms with Crippen molar-refractivity contribution in [1.29, 1.82) is 0 Å². The SMILES string of the molecule is CN(Cc1ncc[nH]1)C(=O)NCCCN1CCCC(C(N)=O)C1. The van der Waals surface area contributed by atoms with Crippen LogP contribution in [0.5, 0.6) is 0 Å². The fourth-order valence-electron chi connectivity index (χ4n) is 2.80. The molecule has 4 N–H and O–H groups in total. The minimum atomic E-state index is -0.206. The molecule has 0 aromatic carbocycles. The van der Waals surface area contributed by atoms with E-state index in [0.717, 1.165) is 44.7 Å². The van der Waals surface area contributed by atoms with Gasteiger partial charge in [-0.1, -0.05) is 0 Å². The molecule has 2 heterocycles. The summed E-state index contributed by atoms with van der Waals surface area (Å²) in [4.78, 5) is 34.1. The molecule has 3 amide bonds. The molecule has 1 aliphatic rings. The molecule has 0 radical (unpaired) electrons. The molecule has 128 valence electrons. The fourth-order valence-corrected chi connectivity index (χ4v) is 2.80. The maximum absolute atomic E-state index is 12.0. The lowest BCUT2D eigenvalue weighted by atomic mass is 9.97. The van der Waals surface area contributed by atoms with Gasteiger partial charge in [0, 0.05) is 32.5 Å². The third-order valence-corrected chi connectivity index (χ3v) is 4.12. The lowest BCUT2D eigenvalue weighted by molar-refractivity contribution is -0.123. The minimum absolute atomic E-state index is 0.0298. The van der Waals surface area contributed by atoms with E-state index in [9.17, 15) is 9.59 Å². The van der Waals surface area contributed by atoms with E-state index >= 15 is 0 Å². The summed E-state index contributed by atoms with van der Waals surface area (Å²) in [5.74, 6) is 0.522. The van der Waals surface area contributed by atoms with Crippen LogP contribution in [-0.2, 0) is 11.3 Å². The Morgan fingerprint density at radius 1 is 1.57 bits per heavy atom. The molecular weight excluding hydrogens is 296 g/mol. The third kappa shape index (κ3) is 5.55. The van der Waals surface area contributed by atoms with Crippen molar-refractivity contribution in [2.75, 3.05) is 33.2 Å². The molecule has 0 bridgehead atoms. The molecule has 0 spiro atoms. The normalized spacial score (nSPS) is 18.6. The number of carbonyl (C=O) groups is 2. The Morgan fingerprint density at radius 2 is 2.39 bits per heavy atom. The molecule has 1 fully saturated rings. The van der Waals surface area contributed by atoms with Gasteiger partial charge in [0.15, 0.2) is 0 Å². The smallest absolute Gasteiger partial charge is 0.317 e. The molecular formula is C15H26N6O2. The van der Waals surface area contributed by atoms with E-state index in [4.69, 9.17) is 5.73 Å². The zero-order valence-corrected chi connectivity index (χ0v) is 13.6. The highest BCUT2D eigenvalue weighted by Crippen LogP contribution is 2.15. The van der Waals surface area contributed by atoms with Crippen molar-refractivity contribution >= 4 is 11.9 Å². The predicted octanol–water partition coefficient (Wildman–Crippen LogP) is 0.139. The number of likely N-dealkylation sites (tertiary alicyclic amines) is 1. The number of hydrogen-bond donors (Lipinski definition) is 3. The highest BCUT2D eigenvalue weighted by atomic mass is 16.2. The Morgan fingerprint density at radius 3 is 3.09 bits per heavy atom. The lowest BCUT2D eigenvalue weighted by Crippen LogP contribution is -2.42. The first kappa shape index (κ1) is 17.3. The Labute approximate surface area is 136 Å². The number of urea groups is 1. The average Bonchev–Trinajstić information content (AvgIpc) is 3.04. The number of imidazole rings is 1. The standard InChI is InChI=1S/C15H26N6O2/c1-20(11-13-17-6-7-18-13)15(23)19-5-3-9-21-8-2-4-12(10-21)14(16)22/h6-7,12H,2-5,8-11H2,1H3,(H2,16,22)(H,17,18)(H,19,23). The number of nitrogens with one attached hydrogen (secondary N) is 2. The summed E-state index contributed by atoms with van der Waals surface area (Å²) in [6, 6.07) is -0.116. The van der Waals surface area contributed by atoms with E-state index in [1.54, 1.807) is 24.3 Å². The first-order valence-corrected chi connectivity index (χ1v) is 8.05. The Hall–Kier alpha value is -2.09. The van der Waals surface area contributed by atoms with Gasteiger partial charge in [-0.2, -0.15) is 0 Å². The quantitative estimate of drug-likeness (QED) is 0.621. The second kappa shape index (κ2) is 8.52. The average molecular weight is 322 g/mol. The number of rotatable bonds is 7. The minimum Gasteiger partial charge on any atom is -0.369 e.